The average molecular weight is 286 g/mol. The number of carbonyl (C=O) groups excluding carboxylic acids is 2. The number of rotatable bonds is 5. The first-order chi connectivity index (χ1) is 9.66. The topological polar surface area (TPSA) is 72.2 Å². The van der Waals surface area contributed by atoms with Crippen molar-refractivity contribution in [3.8, 4) is 0 Å². The second kappa shape index (κ2) is 6.77. The Balaban J connectivity index is 2.07. The maximum atomic E-state index is 12.0. The number of carbonyl (C=O) groups is 2. The van der Waals surface area contributed by atoms with Crippen molar-refractivity contribution >= 4 is 23.6 Å². The van der Waals surface area contributed by atoms with Crippen LogP contribution in [0.5, 0.6) is 0 Å². The molecule has 20 heavy (non-hydrogen) atoms. The Morgan fingerprint density at radius 2 is 1.50 bits per heavy atom. The van der Waals surface area contributed by atoms with Gasteiger partial charge in [-0.2, -0.15) is 0 Å². The molecule has 0 fully saturated rings. The van der Waals surface area contributed by atoms with E-state index in [2.05, 4.69) is 5.32 Å². The maximum Gasteiger partial charge on any atom is 0.252 e. The van der Waals surface area contributed by atoms with Crippen LogP contribution < -0.4 is 11.1 Å². The van der Waals surface area contributed by atoms with E-state index in [-0.39, 0.29) is 5.91 Å². The summed E-state index contributed by atoms with van der Waals surface area (Å²) in [6.07, 6.45) is 0. The Labute approximate surface area is 121 Å². The van der Waals surface area contributed by atoms with E-state index in [0.29, 0.717) is 5.56 Å². The highest BCUT2D eigenvalue weighted by atomic mass is 32.2. The van der Waals surface area contributed by atoms with Crippen LogP contribution >= 0.6 is 11.8 Å². The number of amides is 2. The zero-order valence-electron chi connectivity index (χ0n) is 10.7. The summed E-state index contributed by atoms with van der Waals surface area (Å²) in [5.74, 6) is -0.902. The molecule has 102 valence electrons. The number of nitrogens with one attached hydrogen (secondary N) is 1. The molecular formula is C15H14N2O2S. The molecule has 0 aliphatic heterocycles. The third-order valence-electron chi connectivity index (χ3n) is 2.55. The second-order valence-corrected chi connectivity index (χ2v) is 5.23. The van der Waals surface area contributed by atoms with Crippen LogP contribution in [0.3, 0.4) is 0 Å². The predicted molar refractivity (Wildman–Crippen MR) is 79.2 cm³/mol. The van der Waals surface area contributed by atoms with Gasteiger partial charge in [-0.3, -0.25) is 9.59 Å². The molecular weight excluding hydrogens is 272 g/mol. The lowest BCUT2D eigenvalue weighted by atomic mass is 10.2. The van der Waals surface area contributed by atoms with Crippen molar-refractivity contribution < 1.29 is 9.59 Å². The van der Waals surface area contributed by atoms with Gasteiger partial charge in [0, 0.05) is 10.5 Å². The monoisotopic (exact) mass is 286 g/mol. The fourth-order valence-corrected chi connectivity index (χ4v) is 2.45. The van der Waals surface area contributed by atoms with Crippen molar-refractivity contribution in [2.24, 2.45) is 5.73 Å². The van der Waals surface area contributed by atoms with Gasteiger partial charge < -0.3 is 11.1 Å². The van der Waals surface area contributed by atoms with Gasteiger partial charge in [-0.25, -0.2) is 0 Å². The van der Waals surface area contributed by atoms with Crippen molar-refractivity contribution in [3.63, 3.8) is 0 Å². The summed E-state index contributed by atoms with van der Waals surface area (Å²) in [6, 6.07) is 18.0. The van der Waals surface area contributed by atoms with Crippen LogP contribution in [0.15, 0.2) is 65.6 Å². The molecule has 5 heteroatoms. The lowest BCUT2D eigenvalue weighted by Crippen LogP contribution is -2.42. The number of nitrogens with two attached hydrogens (primary N) is 1. The molecule has 0 bridgehead atoms. The van der Waals surface area contributed by atoms with Crippen LogP contribution in [0, 0.1) is 0 Å². The first-order valence-corrected chi connectivity index (χ1v) is 6.92. The van der Waals surface area contributed by atoms with Gasteiger partial charge in [-0.05, 0) is 24.3 Å². The number of thioether (sulfide) groups is 1. The first-order valence-electron chi connectivity index (χ1n) is 6.04. The highest BCUT2D eigenvalue weighted by Crippen LogP contribution is 2.21. The first kappa shape index (κ1) is 14.1. The molecule has 0 heterocycles. The molecule has 0 radical (unpaired) electrons. The molecule has 0 aromatic heterocycles. The molecule has 2 rings (SSSR count). The summed E-state index contributed by atoms with van der Waals surface area (Å²) in [4.78, 5) is 24.3. The molecule has 0 aliphatic carbocycles. The third-order valence-corrected chi connectivity index (χ3v) is 3.68. The van der Waals surface area contributed by atoms with E-state index in [9.17, 15) is 9.59 Å². The molecule has 0 aliphatic rings. The highest BCUT2D eigenvalue weighted by molar-refractivity contribution is 8.00. The Hall–Kier alpha value is -2.27. The number of benzene rings is 2. The SMILES string of the molecule is NC(=O)[C@@H](NC(=O)c1ccccc1)Sc1ccccc1. The van der Waals surface area contributed by atoms with Crippen LogP contribution in [0.25, 0.3) is 0 Å². The molecule has 1 atom stereocenters. The number of hydrogen-bond donors (Lipinski definition) is 2. The number of hydrogen-bond acceptors (Lipinski definition) is 3. The molecule has 2 aromatic carbocycles. The summed E-state index contributed by atoms with van der Waals surface area (Å²) in [7, 11) is 0. The zero-order chi connectivity index (χ0) is 14.4. The van der Waals surface area contributed by atoms with Gasteiger partial charge >= 0.3 is 0 Å². The van der Waals surface area contributed by atoms with Crippen molar-refractivity contribution in [3.05, 3.63) is 66.2 Å². The van der Waals surface area contributed by atoms with Gasteiger partial charge in [0.05, 0.1) is 0 Å². The molecule has 0 spiro atoms. The summed E-state index contributed by atoms with van der Waals surface area (Å²) in [5, 5.41) is 1.83. The maximum absolute atomic E-state index is 12.0. The van der Waals surface area contributed by atoms with Gasteiger partial charge in [0.25, 0.3) is 11.8 Å². The fourth-order valence-electron chi connectivity index (χ4n) is 1.59. The van der Waals surface area contributed by atoms with Gasteiger partial charge in [-0.1, -0.05) is 48.2 Å². The summed E-state index contributed by atoms with van der Waals surface area (Å²) in [6.45, 7) is 0. The summed E-state index contributed by atoms with van der Waals surface area (Å²) in [5.41, 5.74) is 5.83. The molecule has 2 aromatic rings. The van der Waals surface area contributed by atoms with Crippen molar-refractivity contribution in [1.29, 1.82) is 0 Å². The molecule has 3 N–H and O–H groups in total. The van der Waals surface area contributed by atoms with Crippen LogP contribution in [0.2, 0.25) is 0 Å². The van der Waals surface area contributed by atoms with Gasteiger partial charge in [0.1, 0.15) is 0 Å². The molecule has 0 unspecified atom stereocenters. The van der Waals surface area contributed by atoms with Crippen molar-refractivity contribution in [2.75, 3.05) is 0 Å². The Kier molecular flexibility index (Phi) is 4.79. The van der Waals surface area contributed by atoms with Gasteiger partial charge in [0.2, 0.25) is 0 Å². The second-order valence-electron chi connectivity index (χ2n) is 4.05. The summed E-state index contributed by atoms with van der Waals surface area (Å²) >= 11 is 1.21. The number of primary amides is 1. The molecule has 0 saturated carbocycles. The van der Waals surface area contributed by atoms with Crippen LogP contribution in [0.4, 0.5) is 0 Å². The standard InChI is InChI=1S/C15H14N2O2S/c16-13(18)15(20-12-9-5-2-6-10-12)17-14(19)11-7-3-1-4-8-11/h1-10,15H,(H2,16,18)(H,17,19)/t15-/m0/s1. The van der Waals surface area contributed by atoms with Crippen LogP contribution in [-0.2, 0) is 4.79 Å². The fraction of sp³-hybridized carbons (Fsp3) is 0.0667. The Bertz CT molecular complexity index is 587. The van der Waals surface area contributed by atoms with Gasteiger partial charge in [0.15, 0.2) is 5.37 Å². The van der Waals surface area contributed by atoms with Crippen molar-refractivity contribution in [1.82, 2.24) is 5.32 Å². The van der Waals surface area contributed by atoms with E-state index in [4.69, 9.17) is 5.73 Å². The lowest BCUT2D eigenvalue weighted by Gasteiger charge is -2.15. The minimum Gasteiger partial charge on any atom is -0.367 e. The van der Waals surface area contributed by atoms with E-state index >= 15 is 0 Å². The molecule has 4 nitrogen and oxygen atoms in total. The van der Waals surface area contributed by atoms with E-state index in [1.807, 2.05) is 36.4 Å². The van der Waals surface area contributed by atoms with Gasteiger partial charge in [-0.15, -0.1) is 0 Å². The van der Waals surface area contributed by atoms with E-state index in [0.717, 1.165) is 4.90 Å². The van der Waals surface area contributed by atoms with Crippen LogP contribution in [-0.4, -0.2) is 17.2 Å². The lowest BCUT2D eigenvalue weighted by molar-refractivity contribution is -0.117. The minimum atomic E-state index is -0.801. The van der Waals surface area contributed by atoms with Crippen molar-refractivity contribution in [2.45, 2.75) is 10.3 Å². The quantitative estimate of drug-likeness (QED) is 0.652. The van der Waals surface area contributed by atoms with E-state index in [1.165, 1.54) is 11.8 Å². The summed E-state index contributed by atoms with van der Waals surface area (Å²) < 4.78 is 0. The smallest absolute Gasteiger partial charge is 0.252 e. The Morgan fingerprint density at radius 3 is 2.05 bits per heavy atom. The minimum absolute atomic E-state index is 0.321. The predicted octanol–water partition coefficient (Wildman–Crippen LogP) is 2.02. The zero-order valence-corrected chi connectivity index (χ0v) is 11.5. The largest absolute Gasteiger partial charge is 0.367 e. The normalized spacial score (nSPS) is 11.6. The van der Waals surface area contributed by atoms with Crippen LogP contribution in [0.1, 0.15) is 10.4 Å². The highest BCUT2D eigenvalue weighted by Gasteiger charge is 2.19. The molecule has 0 saturated heterocycles. The average Bonchev–Trinajstić information content (AvgIpc) is 2.48. The Morgan fingerprint density at radius 1 is 0.950 bits per heavy atom. The van der Waals surface area contributed by atoms with E-state index < -0.39 is 11.3 Å². The molecule has 2 amide bonds. The third kappa shape index (κ3) is 3.86. The van der Waals surface area contributed by atoms with E-state index in [1.54, 1.807) is 24.3 Å².